The van der Waals surface area contributed by atoms with E-state index in [1.807, 2.05) is 19.1 Å². The summed E-state index contributed by atoms with van der Waals surface area (Å²) >= 11 is 0. The van der Waals surface area contributed by atoms with Gasteiger partial charge in [0.2, 0.25) is 0 Å². The summed E-state index contributed by atoms with van der Waals surface area (Å²) in [5.74, 6) is -0.154. The molecule has 1 aliphatic rings. The largest absolute Gasteiger partial charge is 0.388 e. The number of hydrogen-bond acceptors (Lipinski definition) is 3. The molecule has 2 rings (SSSR count). The van der Waals surface area contributed by atoms with Crippen molar-refractivity contribution < 1.29 is 14.6 Å². The van der Waals surface area contributed by atoms with Crippen LogP contribution in [0, 0.1) is 0 Å². The number of ether oxygens (including phenoxy) is 1. The Kier molecular flexibility index (Phi) is 3.68. The Bertz CT molecular complexity index is 454. The van der Waals surface area contributed by atoms with E-state index in [1.165, 1.54) is 0 Å². The highest BCUT2D eigenvalue weighted by atomic mass is 16.5. The minimum absolute atomic E-state index is 0.154. The summed E-state index contributed by atoms with van der Waals surface area (Å²) in [5, 5.41) is 12.6. The fourth-order valence-electron chi connectivity index (χ4n) is 1.81. The monoisotopic (exact) mass is 249 g/mol. The highest BCUT2D eigenvalue weighted by Gasteiger charge is 2.19. The Labute approximate surface area is 107 Å². The van der Waals surface area contributed by atoms with Gasteiger partial charge >= 0.3 is 0 Å². The first-order chi connectivity index (χ1) is 8.52. The second kappa shape index (κ2) is 5.08. The molecule has 1 amide bonds. The molecule has 2 N–H and O–H groups in total. The predicted molar refractivity (Wildman–Crippen MR) is 68.2 cm³/mol. The highest BCUT2D eigenvalue weighted by Crippen LogP contribution is 2.20. The lowest BCUT2D eigenvalue weighted by Crippen LogP contribution is -2.40. The third-order valence-electron chi connectivity index (χ3n) is 3.38. The molecule has 1 aromatic carbocycles. The van der Waals surface area contributed by atoms with Gasteiger partial charge in [-0.3, -0.25) is 4.79 Å². The maximum Gasteiger partial charge on any atom is 0.251 e. The molecule has 0 bridgehead atoms. The van der Waals surface area contributed by atoms with E-state index in [4.69, 9.17) is 4.74 Å². The molecule has 0 spiro atoms. The molecule has 1 atom stereocenters. The fraction of sp³-hybridized carbons (Fsp3) is 0.500. The van der Waals surface area contributed by atoms with Crippen LogP contribution in [0.25, 0.3) is 0 Å². The molecule has 18 heavy (non-hydrogen) atoms. The number of carbonyl (C=O) groups excluding carboxylic acids is 1. The minimum Gasteiger partial charge on any atom is -0.388 e. The number of fused-ring (bicyclic) bond motifs is 1. The maximum absolute atomic E-state index is 11.9. The third-order valence-corrected chi connectivity index (χ3v) is 3.38. The van der Waals surface area contributed by atoms with Gasteiger partial charge in [0.25, 0.3) is 5.91 Å². The van der Waals surface area contributed by atoms with Crippen LogP contribution < -0.4 is 5.32 Å². The Balaban J connectivity index is 2.01. The Hall–Kier alpha value is -1.39. The summed E-state index contributed by atoms with van der Waals surface area (Å²) in [5.41, 5.74) is 1.98. The lowest BCUT2D eigenvalue weighted by atomic mass is 10.0. The van der Waals surface area contributed by atoms with Gasteiger partial charge in [-0.15, -0.1) is 0 Å². The van der Waals surface area contributed by atoms with Crippen molar-refractivity contribution in [3.63, 3.8) is 0 Å². The lowest BCUT2D eigenvalue weighted by molar-refractivity contribution is 0.0518. The molecular formula is C14H19NO3. The van der Waals surface area contributed by atoms with Crippen molar-refractivity contribution in [3.05, 3.63) is 34.9 Å². The first kappa shape index (κ1) is 13.1. The molecule has 0 saturated carbocycles. The molecule has 4 nitrogen and oxygen atoms in total. The molecule has 1 aromatic rings. The summed E-state index contributed by atoms with van der Waals surface area (Å²) in [4.78, 5) is 11.9. The standard InChI is InChI=1S/C14H19NO3/c1-3-14(2,17)9-15-13(16)10-4-5-11-7-18-8-12(11)6-10/h4-6,17H,3,7-9H2,1-2H3,(H,15,16). The number of rotatable bonds is 4. The van der Waals surface area contributed by atoms with Crippen LogP contribution in [0.3, 0.4) is 0 Å². The molecular weight excluding hydrogens is 230 g/mol. The van der Waals surface area contributed by atoms with Crippen LogP contribution in [-0.2, 0) is 18.0 Å². The van der Waals surface area contributed by atoms with E-state index in [0.717, 1.165) is 11.1 Å². The Morgan fingerprint density at radius 3 is 2.89 bits per heavy atom. The number of aliphatic hydroxyl groups is 1. The number of nitrogens with one attached hydrogen (secondary N) is 1. The zero-order chi connectivity index (χ0) is 13.2. The zero-order valence-electron chi connectivity index (χ0n) is 10.8. The number of carbonyl (C=O) groups is 1. The Morgan fingerprint density at radius 1 is 1.44 bits per heavy atom. The van der Waals surface area contributed by atoms with E-state index in [0.29, 0.717) is 25.2 Å². The second-order valence-corrected chi connectivity index (χ2v) is 5.01. The van der Waals surface area contributed by atoms with Crippen LogP contribution in [0.5, 0.6) is 0 Å². The van der Waals surface area contributed by atoms with Crippen molar-refractivity contribution in [1.29, 1.82) is 0 Å². The average molecular weight is 249 g/mol. The molecule has 0 radical (unpaired) electrons. The quantitative estimate of drug-likeness (QED) is 0.852. The SMILES string of the molecule is CCC(C)(O)CNC(=O)c1ccc2c(c1)COC2. The molecule has 1 unspecified atom stereocenters. The van der Waals surface area contributed by atoms with E-state index in [2.05, 4.69) is 5.32 Å². The number of amides is 1. The van der Waals surface area contributed by atoms with Gasteiger partial charge < -0.3 is 15.2 Å². The molecule has 0 aromatic heterocycles. The van der Waals surface area contributed by atoms with Crippen molar-refractivity contribution in [2.75, 3.05) is 6.54 Å². The van der Waals surface area contributed by atoms with E-state index >= 15 is 0 Å². The van der Waals surface area contributed by atoms with Crippen molar-refractivity contribution in [2.45, 2.75) is 39.1 Å². The van der Waals surface area contributed by atoms with E-state index in [-0.39, 0.29) is 12.5 Å². The van der Waals surface area contributed by atoms with Crippen LogP contribution >= 0.6 is 0 Å². The van der Waals surface area contributed by atoms with Crippen LogP contribution in [0.2, 0.25) is 0 Å². The summed E-state index contributed by atoms with van der Waals surface area (Å²) in [6.45, 7) is 5.06. The van der Waals surface area contributed by atoms with Crippen molar-refractivity contribution >= 4 is 5.91 Å². The first-order valence-corrected chi connectivity index (χ1v) is 6.22. The summed E-state index contributed by atoms with van der Waals surface area (Å²) in [6, 6.07) is 5.58. The van der Waals surface area contributed by atoms with Gasteiger partial charge in [0, 0.05) is 12.1 Å². The van der Waals surface area contributed by atoms with Gasteiger partial charge in [-0.05, 0) is 36.6 Å². The smallest absolute Gasteiger partial charge is 0.251 e. The third kappa shape index (κ3) is 2.89. The predicted octanol–water partition coefficient (Wildman–Crippen LogP) is 1.61. The fourth-order valence-corrected chi connectivity index (χ4v) is 1.81. The van der Waals surface area contributed by atoms with Crippen molar-refractivity contribution in [2.24, 2.45) is 0 Å². The van der Waals surface area contributed by atoms with Gasteiger partial charge in [0.05, 0.1) is 18.8 Å². The molecule has 0 aliphatic carbocycles. The number of benzene rings is 1. The van der Waals surface area contributed by atoms with Crippen LogP contribution in [0.4, 0.5) is 0 Å². The Morgan fingerprint density at radius 2 is 2.17 bits per heavy atom. The summed E-state index contributed by atoms with van der Waals surface area (Å²) in [6.07, 6.45) is 0.602. The summed E-state index contributed by atoms with van der Waals surface area (Å²) < 4.78 is 5.31. The molecule has 1 heterocycles. The lowest BCUT2D eigenvalue weighted by Gasteiger charge is -2.21. The van der Waals surface area contributed by atoms with Crippen LogP contribution in [0.15, 0.2) is 18.2 Å². The van der Waals surface area contributed by atoms with Gasteiger partial charge in [-0.25, -0.2) is 0 Å². The summed E-state index contributed by atoms with van der Waals surface area (Å²) in [7, 11) is 0. The first-order valence-electron chi connectivity index (χ1n) is 6.22. The van der Waals surface area contributed by atoms with Gasteiger partial charge in [0.1, 0.15) is 0 Å². The van der Waals surface area contributed by atoms with Gasteiger partial charge in [-0.1, -0.05) is 13.0 Å². The van der Waals surface area contributed by atoms with Crippen molar-refractivity contribution in [1.82, 2.24) is 5.32 Å². The topological polar surface area (TPSA) is 58.6 Å². The number of hydrogen-bond donors (Lipinski definition) is 2. The normalized spacial score (nSPS) is 17.1. The average Bonchev–Trinajstić information content (AvgIpc) is 2.83. The zero-order valence-corrected chi connectivity index (χ0v) is 10.8. The van der Waals surface area contributed by atoms with E-state index in [9.17, 15) is 9.90 Å². The minimum atomic E-state index is -0.852. The van der Waals surface area contributed by atoms with Gasteiger partial charge in [0.15, 0.2) is 0 Å². The molecule has 0 fully saturated rings. The molecule has 98 valence electrons. The van der Waals surface area contributed by atoms with Crippen LogP contribution in [0.1, 0.15) is 41.8 Å². The molecule has 4 heteroatoms. The molecule has 0 saturated heterocycles. The van der Waals surface area contributed by atoms with Gasteiger partial charge in [-0.2, -0.15) is 0 Å². The second-order valence-electron chi connectivity index (χ2n) is 5.01. The van der Waals surface area contributed by atoms with Crippen LogP contribution in [-0.4, -0.2) is 23.2 Å². The highest BCUT2D eigenvalue weighted by molar-refractivity contribution is 5.94. The van der Waals surface area contributed by atoms with E-state index < -0.39 is 5.60 Å². The molecule has 1 aliphatic heterocycles. The van der Waals surface area contributed by atoms with Crippen molar-refractivity contribution in [3.8, 4) is 0 Å². The maximum atomic E-state index is 11.9. The van der Waals surface area contributed by atoms with E-state index in [1.54, 1.807) is 13.0 Å².